The molecule has 0 bridgehead atoms. The molecule has 37 heavy (non-hydrogen) atoms. The van der Waals surface area contributed by atoms with Crippen molar-refractivity contribution in [3.05, 3.63) is 89.8 Å². The van der Waals surface area contributed by atoms with Crippen molar-refractivity contribution in [3.63, 3.8) is 0 Å². The second-order valence-corrected chi connectivity index (χ2v) is 10.1. The summed E-state index contributed by atoms with van der Waals surface area (Å²) in [6.45, 7) is 1.84. The summed E-state index contributed by atoms with van der Waals surface area (Å²) in [5.41, 5.74) is 3.56. The zero-order chi connectivity index (χ0) is 25.2. The van der Waals surface area contributed by atoms with Gasteiger partial charge in [0.1, 0.15) is 5.82 Å². The Bertz CT molecular complexity index is 1530. The number of hydrogen-bond donors (Lipinski definition) is 1. The number of imidazole rings is 1. The first-order valence-electron chi connectivity index (χ1n) is 12.5. The van der Waals surface area contributed by atoms with Crippen LogP contribution < -0.4 is 5.32 Å². The summed E-state index contributed by atoms with van der Waals surface area (Å²) >= 11 is 1.56. The molecule has 2 aromatic heterocycles. The lowest BCUT2D eigenvalue weighted by Gasteiger charge is -2.26. The molecule has 6 rings (SSSR count). The Morgan fingerprint density at radius 3 is 2.81 bits per heavy atom. The molecule has 0 aliphatic carbocycles. The molecule has 0 spiro atoms. The molecule has 3 heterocycles. The fourth-order valence-corrected chi connectivity index (χ4v) is 5.76. The molecule has 2 amide bonds. The van der Waals surface area contributed by atoms with Gasteiger partial charge in [0.2, 0.25) is 0 Å². The van der Waals surface area contributed by atoms with Crippen LogP contribution in [0, 0.1) is 5.82 Å². The molecule has 0 saturated carbocycles. The van der Waals surface area contributed by atoms with Gasteiger partial charge in [-0.15, -0.1) is 11.3 Å². The Hall–Kier alpha value is -3.75. The summed E-state index contributed by atoms with van der Waals surface area (Å²) in [5, 5.41) is 7.33. The summed E-state index contributed by atoms with van der Waals surface area (Å²) in [6, 6.07) is 20.2. The van der Waals surface area contributed by atoms with E-state index in [1.807, 2.05) is 53.6 Å². The first-order chi connectivity index (χ1) is 18.1. The highest BCUT2D eigenvalue weighted by atomic mass is 32.1. The van der Waals surface area contributed by atoms with Crippen molar-refractivity contribution in [1.29, 1.82) is 0 Å². The van der Waals surface area contributed by atoms with E-state index in [1.54, 1.807) is 23.5 Å². The molecule has 1 N–H and O–H groups in total. The summed E-state index contributed by atoms with van der Waals surface area (Å²) in [4.78, 5) is 20.9. The number of nitrogens with one attached hydrogen (secondary N) is 1. The number of rotatable bonds is 7. The number of hydrogen-bond acceptors (Lipinski definition) is 4. The summed E-state index contributed by atoms with van der Waals surface area (Å²) in [7, 11) is 0. The quantitative estimate of drug-likeness (QED) is 0.266. The van der Waals surface area contributed by atoms with E-state index in [2.05, 4.69) is 15.1 Å². The number of carbonyl (C=O) groups excluding carboxylic acids is 1. The van der Waals surface area contributed by atoms with Crippen molar-refractivity contribution in [2.45, 2.75) is 25.4 Å². The van der Waals surface area contributed by atoms with E-state index in [1.165, 1.54) is 12.1 Å². The minimum atomic E-state index is -0.265. The van der Waals surface area contributed by atoms with Crippen molar-refractivity contribution in [2.75, 3.05) is 25.0 Å². The number of benzene rings is 3. The van der Waals surface area contributed by atoms with Crippen molar-refractivity contribution >= 4 is 38.8 Å². The number of nitrogens with zero attached hydrogens (tertiary/aromatic N) is 3. The molecule has 0 radical (unpaired) electrons. The number of aromatic nitrogens is 2. The average Bonchev–Trinajstić information content (AvgIpc) is 3.66. The molecule has 1 fully saturated rings. The zero-order valence-corrected chi connectivity index (χ0v) is 21.1. The van der Waals surface area contributed by atoms with Crippen molar-refractivity contribution in [2.24, 2.45) is 0 Å². The van der Waals surface area contributed by atoms with Gasteiger partial charge in [-0.2, -0.15) is 0 Å². The molecule has 1 unspecified atom stereocenters. The number of fused-ring (bicyclic) bond motifs is 2. The van der Waals surface area contributed by atoms with Crippen LogP contribution in [0.2, 0.25) is 0 Å². The van der Waals surface area contributed by atoms with Crippen molar-refractivity contribution < 1.29 is 13.9 Å². The average molecular weight is 515 g/mol. The van der Waals surface area contributed by atoms with Crippen LogP contribution in [0.15, 0.2) is 78.3 Å². The Kier molecular flexibility index (Phi) is 6.59. The van der Waals surface area contributed by atoms with Gasteiger partial charge in [-0.3, -0.25) is 4.40 Å². The van der Waals surface area contributed by atoms with E-state index in [-0.39, 0.29) is 18.0 Å². The van der Waals surface area contributed by atoms with Gasteiger partial charge in [-0.1, -0.05) is 36.4 Å². The fourth-order valence-electron chi connectivity index (χ4n) is 4.86. The van der Waals surface area contributed by atoms with E-state index >= 15 is 0 Å². The third-order valence-corrected chi connectivity index (χ3v) is 7.72. The van der Waals surface area contributed by atoms with Gasteiger partial charge in [0.15, 0.2) is 4.96 Å². The number of urea groups is 1. The molecule has 188 valence electrons. The van der Waals surface area contributed by atoms with Crippen LogP contribution in [0.25, 0.3) is 27.0 Å². The monoisotopic (exact) mass is 514 g/mol. The van der Waals surface area contributed by atoms with E-state index in [0.717, 1.165) is 57.8 Å². The minimum absolute atomic E-state index is 0.0547. The third kappa shape index (κ3) is 5.08. The molecular formula is C29H27FN4O2S. The fraction of sp³-hybridized carbons (Fsp3) is 0.241. The van der Waals surface area contributed by atoms with Crippen LogP contribution in [-0.2, 0) is 11.2 Å². The summed E-state index contributed by atoms with van der Waals surface area (Å²) in [6.07, 6.45) is 4.70. The zero-order valence-electron chi connectivity index (χ0n) is 20.3. The molecule has 6 nitrogen and oxygen atoms in total. The number of amides is 2. The Morgan fingerprint density at radius 1 is 1.14 bits per heavy atom. The molecule has 8 heteroatoms. The first-order valence-corrected chi connectivity index (χ1v) is 13.4. The Balaban J connectivity index is 1.21. The van der Waals surface area contributed by atoms with Gasteiger partial charge in [0.05, 0.1) is 17.5 Å². The maximum atomic E-state index is 13.5. The lowest BCUT2D eigenvalue weighted by Crippen LogP contribution is -2.41. The maximum absolute atomic E-state index is 13.5. The second kappa shape index (κ2) is 10.3. The molecule has 1 saturated heterocycles. The van der Waals surface area contributed by atoms with Crippen molar-refractivity contribution in [1.82, 2.24) is 14.3 Å². The molecule has 5 aromatic rings. The van der Waals surface area contributed by atoms with Crippen LogP contribution in [0.4, 0.5) is 14.9 Å². The van der Waals surface area contributed by atoms with E-state index < -0.39 is 0 Å². The van der Waals surface area contributed by atoms with Crippen LogP contribution in [-0.4, -0.2) is 46.1 Å². The minimum Gasteiger partial charge on any atom is -0.376 e. The summed E-state index contributed by atoms with van der Waals surface area (Å²) < 4.78 is 21.3. The smallest absolute Gasteiger partial charge is 0.321 e. The van der Waals surface area contributed by atoms with Gasteiger partial charge >= 0.3 is 6.03 Å². The summed E-state index contributed by atoms with van der Waals surface area (Å²) in [5.74, 6) is -0.265. The highest BCUT2D eigenvalue weighted by Crippen LogP contribution is 2.26. The topological polar surface area (TPSA) is 58.9 Å². The van der Waals surface area contributed by atoms with Crippen LogP contribution in [0.5, 0.6) is 0 Å². The standard InChI is InChI=1S/C29H27FN4O2S/c30-22-12-10-21(11-13-22)27-18-34-23(19-37-29(34)32-27)14-15-33(17-24-7-4-16-36-24)28(35)31-26-9-3-6-20-5-1-2-8-25(20)26/h1-3,5-6,8-13,18-19,24H,4,7,14-17H2,(H,31,35). The van der Waals surface area contributed by atoms with E-state index in [4.69, 9.17) is 9.72 Å². The lowest BCUT2D eigenvalue weighted by atomic mass is 10.1. The first kappa shape index (κ1) is 23.6. The lowest BCUT2D eigenvalue weighted by molar-refractivity contribution is 0.0838. The number of halogens is 1. The Morgan fingerprint density at radius 2 is 1.97 bits per heavy atom. The normalized spacial score (nSPS) is 15.4. The molecule has 1 aliphatic heterocycles. The molecule has 3 aromatic carbocycles. The number of ether oxygens (including phenoxy) is 1. The predicted molar refractivity (Wildman–Crippen MR) is 146 cm³/mol. The van der Waals surface area contributed by atoms with E-state index in [9.17, 15) is 9.18 Å². The van der Waals surface area contributed by atoms with Crippen LogP contribution in [0.1, 0.15) is 18.5 Å². The largest absolute Gasteiger partial charge is 0.376 e. The van der Waals surface area contributed by atoms with E-state index in [0.29, 0.717) is 19.5 Å². The van der Waals surface area contributed by atoms with Crippen LogP contribution >= 0.6 is 11.3 Å². The SMILES string of the molecule is O=C(Nc1cccc2ccccc12)N(CCc1csc2nc(-c3ccc(F)cc3)cn12)CC1CCCO1. The van der Waals surface area contributed by atoms with Crippen molar-refractivity contribution in [3.8, 4) is 11.3 Å². The number of carbonyl (C=O) groups is 1. The maximum Gasteiger partial charge on any atom is 0.321 e. The highest BCUT2D eigenvalue weighted by Gasteiger charge is 2.23. The second-order valence-electron chi connectivity index (χ2n) is 9.30. The van der Waals surface area contributed by atoms with Gasteiger partial charge in [0.25, 0.3) is 0 Å². The van der Waals surface area contributed by atoms with Gasteiger partial charge < -0.3 is 15.0 Å². The molecule has 1 aliphatic rings. The molecule has 1 atom stereocenters. The molecular weight excluding hydrogens is 487 g/mol. The predicted octanol–water partition coefficient (Wildman–Crippen LogP) is 6.61. The number of thiazole rings is 1. The number of anilines is 1. The van der Waals surface area contributed by atoms with Crippen LogP contribution in [0.3, 0.4) is 0 Å². The van der Waals surface area contributed by atoms with Gasteiger partial charge in [0, 0.05) is 54.3 Å². The van der Waals surface area contributed by atoms with Gasteiger partial charge in [-0.05, 0) is 48.6 Å². The Labute approximate surface area is 218 Å². The highest BCUT2D eigenvalue weighted by molar-refractivity contribution is 7.15. The third-order valence-electron chi connectivity index (χ3n) is 6.83. The van der Waals surface area contributed by atoms with Gasteiger partial charge in [-0.25, -0.2) is 14.2 Å².